The summed E-state index contributed by atoms with van der Waals surface area (Å²) >= 11 is 0. The third kappa shape index (κ3) is 3.77. The number of aryl methyl sites for hydroxylation is 1. The Labute approximate surface area is 275 Å². The average Bonchev–Trinajstić information content (AvgIpc) is 3.12. The molecule has 236 valence electrons. The van der Waals surface area contributed by atoms with E-state index in [1.165, 1.54) is 0 Å². The Morgan fingerprint density at radius 3 is 1.88 bits per heavy atom. The molecule has 0 saturated carbocycles. The minimum Gasteiger partial charge on any atom is -0.383 e. The molecular weight excluding hydrogens is 600 g/mol. The van der Waals surface area contributed by atoms with Gasteiger partial charge in [-0.15, -0.1) is 0 Å². The molecule has 3 heterocycles. The Bertz CT molecular complexity index is 2540. The Balaban J connectivity index is 1.19. The highest BCUT2D eigenvalue weighted by Gasteiger charge is 2.34. The van der Waals surface area contributed by atoms with Gasteiger partial charge in [0.25, 0.3) is 11.1 Å². The lowest BCUT2D eigenvalue weighted by atomic mass is 9.82. The first-order valence-electron chi connectivity index (χ1n) is 16.4. The van der Waals surface area contributed by atoms with Crippen LogP contribution < -0.4 is 21.3 Å². The fraction of sp³-hybridized carbons (Fsp3) is 0.200. The van der Waals surface area contributed by atoms with Crippen molar-refractivity contribution in [3.05, 3.63) is 128 Å². The van der Waals surface area contributed by atoms with Gasteiger partial charge in [-0.3, -0.25) is 19.2 Å². The molecule has 0 spiro atoms. The fourth-order valence-corrected chi connectivity index (χ4v) is 8.46. The maximum Gasteiger partial charge on any atom is 0.275 e. The molecule has 8 heteroatoms. The van der Waals surface area contributed by atoms with Gasteiger partial charge in [-0.25, -0.2) is 0 Å². The highest BCUT2D eigenvalue weighted by molar-refractivity contribution is 6.28. The zero-order chi connectivity index (χ0) is 32.8. The van der Waals surface area contributed by atoms with Crippen molar-refractivity contribution in [2.75, 3.05) is 30.4 Å². The van der Waals surface area contributed by atoms with Gasteiger partial charge in [0.1, 0.15) is 11.4 Å². The number of hydrogen-bond acceptors (Lipinski definition) is 6. The molecule has 9 rings (SSSR count). The number of hydrogen-bond donors (Lipinski definition) is 1. The Hall–Kier alpha value is -5.76. The summed E-state index contributed by atoms with van der Waals surface area (Å²) in [6.07, 6.45) is 1.72. The predicted molar refractivity (Wildman–Crippen MR) is 190 cm³/mol. The van der Waals surface area contributed by atoms with E-state index in [1.54, 1.807) is 18.7 Å². The molecule has 1 unspecified atom stereocenters. The van der Waals surface area contributed by atoms with Crippen molar-refractivity contribution in [3.8, 4) is 22.3 Å². The number of anilines is 2. The first kappa shape index (κ1) is 28.5. The summed E-state index contributed by atoms with van der Waals surface area (Å²) < 4.78 is 3.48. The molecular formula is C40H32N4O4. The Morgan fingerprint density at radius 2 is 1.23 bits per heavy atom. The number of piperidine rings is 1. The van der Waals surface area contributed by atoms with Crippen molar-refractivity contribution < 1.29 is 9.59 Å². The second-order valence-corrected chi connectivity index (χ2v) is 13.1. The number of benzene rings is 4. The molecule has 1 fully saturated rings. The van der Waals surface area contributed by atoms with E-state index < -0.39 is 0 Å². The van der Waals surface area contributed by atoms with Crippen LogP contribution in [0.3, 0.4) is 0 Å². The quantitative estimate of drug-likeness (QED) is 0.247. The normalized spacial score (nSPS) is 16.3. The van der Waals surface area contributed by atoms with E-state index in [2.05, 4.69) is 10.2 Å². The van der Waals surface area contributed by atoms with Crippen molar-refractivity contribution >= 4 is 44.7 Å². The summed E-state index contributed by atoms with van der Waals surface area (Å²) in [6.45, 7) is 1.69. The summed E-state index contributed by atoms with van der Waals surface area (Å²) in [6, 6.07) is 26.3. The van der Waals surface area contributed by atoms with Gasteiger partial charge in [-0.1, -0.05) is 72.8 Å². The van der Waals surface area contributed by atoms with Gasteiger partial charge in [0.15, 0.2) is 11.6 Å². The second-order valence-electron chi connectivity index (χ2n) is 13.1. The molecule has 1 N–H and O–H groups in total. The van der Waals surface area contributed by atoms with Gasteiger partial charge < -0.3 is 19.4 Å². The molecule has 4 aromatic carbocycles. The molecule has 1 saturated heterocycles. The van der Waals surface area contributed by atoms with Gasteiger partial charge in [-0.05, 0) is 42.0 Å². The van der Waals surface area contributed by atoms with Crippen LogP contribution in [0.1, 0.15) is 44.7 Å². The lowest BCUT2D eigenvalue weighted by molar-refractivity contribution is 0.103. The number of carbonyl (C=O) groups is 2. The lowest BCUT2D eigenvalue weighted by Gasteiger charge is -2.37. The SMILES string of the molecule is CNc1c2c3c(cccc3n(CC3CCCN(c4c5c6c(cccc6n(C)c4=O)C(=O)c4ccccc4-5)C3)c1=O)C(=O)c1ccccc1-2. The molecule has 0 radical (unpaired) electrons. The highest BCUT2D eigenvalue weighted by atomic mass is 16.1. The third-order valence-electron chi connectivity index (χ3n) is 10.6. The van der Waals surface area contributed by atoms with E-state index >= 15 is 0 Å². The highest BCUT2D eigenvalue weighted by Crippen LogP contribution is 2.45. The van der Waals surface area contributed by atoms with Crippen molar-refractivity contribution in [1.82, 2.24) is 9.13 Å². The molecule has 8 nitrogen and oxygen atoms in total. The maximum atomic E-state index is 14.3. The third-order valence-corrected chi connectivity index (χ3v) is 10.6. The summed E-state index contributed by atoms with van der Waals surface area (Å²) in [4.78, 5) is 58.0. The minimum atomic E-state index is -0.132. The predicted octanol–water partition coefficient (Wildman–Crippen LogP) is 6.23. The van der Waals surface area contributed by atoms with Crippen molar-refractivity contribution in [3.63, 3.8) is 0 Å². The Kier molecular flexibility index (Phi) is 6.15. The molecule has 0 bridgehead atoms. The smallest absolute Gasteiger partial charge is 0.275 e. The van der Waals surface area contributed by atoms with Crippen LogP contribution in [-0.2, 0) is 13.6 Å². The molecule has 48 heavy (non-hydrogen) atoms. The maximum absolute atomic E-state index is 14.3. The standard InChI is InChI=1S/C40H32N4O4/c1-41-35-33-23-11-3-5-13-25(23)37(45)28-16-8-18-30(32(28)33)44(39(35)47)21-22-10-9-19-43(20-22)36-34-24-12-4-6-14-26(24)38(46)27-15-7-17-29(31(27)34)42(2)40(36)48/h3-8,11-18,22,41H,9-10,19-21H2,1-2H3. The van der Waals surface area contributed by atoms with Crippen LogP contribution in [0.4, 0.5) is 11.4 Å². The largest absolute Gasteiger partial charge is 0.383 e. The van der Waals surface area contributed by atoms with E-state index in [0.717, 1.165) is 56.9 Å². The number of aromatic nitrogens is 2. The average molecular weight is 633 g/mol. The van der Waals surface area contributed by atoms with Gasteiger partial charge >= 0.3 is 0 Å². The first-order chi connectivity index (χ1) is 23.4. The van der Waals surface area contributed by atoms with E-state index in [4.69, 9.17) is 0 Å². The van der Waals surface area contributed by atoms with Gasteiger partial charge in [-0.2, -0.15) is 0 Å². The molecule has 6 aromatic rings. The van der Waals surface area contributed by atoms with Crippen LogP contribution in [0.15, 0.2) is 94.5 Å². The number of nitrogens with zero attached hydrogens (tertiary/aromatic N) is 3. The lowest BCUT2D eigenvalue weighted by Crippen LogP contribution is -2.42. The van der Waals surface area contributed by atoms with Gasteiger partial charge in [0, 0.05) is 77.9 Å². The molecule has 1 aliphatic heterocycles. The van der Waals surface area contributed by atoms with Crippen LogP contribution in [0.2, 0.25) is 0 Å². The van der Waals surface area contributed by atoms with Crippen molar-refractivity contribution in [2.45, 2.75) is 19.4 Å². The van der Waals surface area contributed by atoms with E-state index in [-0.39, 0.29) is 28.6 Å². The number of pyridine rings is 2. The van der Waals surface area contributed by atoms with Crippen LogP contribution in [0.5, 0.6) is 0 Å². The zero-order valence-corrected chi connectivity index (χ0v) is 26.7. The number of fused-ring (bicyclic) bond motifs is 4. The molecule has 1 atom stereocenters. The summed E-state index contributed by atoms with van der Waals surface area (Å²) in [5.41, 5.74) is 7.85. The molecule has 0 amide bonds. The van der Waals surface area contributed by atoms with Crippen molar-refractivity contribution in [2.24, 2.45) is 13.0 Å². The number of rotatable bonds is 4. The number of nitrogens with one attached hydrogen (secondary N) is 1. The molecule has 2 aromatic heterocycles. The zero-order valence-electron chi connectivity index (χ0n) is 26.7. The van der Waals surface area contributed by atoms with E-state index in [1.807, 2.05) is 89.5 Å². The van der Waals surface area contributed by atoms with Crippen LogP contribution in [0, 0.1) is 5.92 Å². The second kappa shape index (κ2) is 10.4. The molecule has 2 aliphatic carbocycles. The fourth-order valence-electron chi connectivity index (χ4n) is 8.46. The van der Waals surface area contributed by atoms with Crippen LogP contribution in [0.25, 0.3) is 44.1 Å². The monoisotopic (exact) mass is 632 g/mol. The van der Waals surface area contributed by atoms with Crippen molar-refractivity contribution in [1.29, 1.82) is 0 Å². The number of carbonyl (C=O) groups excluding carboxylic acids is 2. The number of ketones is 2. The molecule has 3 aliphatic rings. The first-order valence-corrected chi connectivity index (χ1v) is 16.4. The summed E-state index contributed by atoms with van der Waals surface area (Å²) in [5.74, 6) is -0.0272. The minimum absolute atomic E-state index is 0.0338. The van der Waals surface area contributed by atoms with E-state index in [9.17, 15) is 19.2 Å². The van der Waals surface area contributed by atoms with E-state index in [0.29, 0.717) is 53.3 Å². The summed E-state index contributed by atoms with van der Waals surface area (Å²) in [5, 5.41) is 4.78. The van der Waals surface area contributed by atoms with Gasteiger partial charge in [0.2, 0.25) is 0 Å². The Morgan fingerprint density at radius 1 is 0.667 bits per heavy atom. The van der Waals surface area contributed by atoms with Crippen LogP contribution >= 0.6 is 0 Å². The topological polar surface area (TPSA) is 93.4 Å². The van der Waals surface area contributed by atoms with Crippen LogP contribution in [-0.4, -0.2) is 40.8 Å². The summed E-state index contributed by atoms with van der Waals surface area (Å²) in [7, 11) is 3.53. The van der Waals surface area contributed by atoms with Gasteiger partial charge in [0.05, 0.1) is 11.0 Å².